The molecule has 1 unspecified atom stereocenters. The van der Waals surface area contributed by atoms with Crippen molar-refractivity contribution in [1.29, 1.82) is 0 Å². The van der Waals surface area contributed by atoms with Crippen molar-refractivity contribution < 1.29 is 19.4 Å². The van der Waals surface area contributed by atoms with E-state index in [9.17, 15) is 9.59 Å². The second kappa shape index (κ2) is 7.47. The van der Waals surface area contributed by atoms with E-state index in [1.165, 1.54) is 4.90 Å². The fourth-order valence-corrected chi connectivity index (χ4v) is 2.17. The van der Waals surface area contributed by atoms with Crippen LogP contribution in [0.3, 0.4) is 0 Å². The van der Waals surface area contributed by atoms with Crippen molar-refractivity contribution in [3.63, 3.8) is 0 Å². The van der Waals surface area contributed by atoms with Crippen LogP contribution < -0.4 is 5.32 Å². The lowest BCUT2D eigenvalue weighted by molar-refractivity contribution is -0.138. The van der Waals surface area contributed by atoms with E-state index in [4.69, 9.17) is 9.84 Å². The summed E-state index contributed by atoms with van der Waals surface area (Å²) in [6, 6.07) is -0.370. The summed E-state index contributed by atoms with van der Waals surface area (Å²) in [6.07, 6.45) is 3.86. The van der Waals surface area contributed by atoms with Crippen LogP contribution in [0.15, 0.2) is 0 Å². The third-order valence-electron chi connectivity index (χ3n) is 4.10. The predicted octanol–water partition coefficient (Wildman–Crippen LogP) is 1.70. The Morgan fingerprint density at radius 3 is 2.55 bits per heavy atom. The SMILES string of the molecule is CCC(C)N(CC(=O)O)C(=O)NCC1(CCOC)CC1. The Morgan fingerprint density at radius 2 is 2.10 bits per heavy atom. The summed E-state index contributed by atoms with van der Waals surface area (Å²) in [4.78, 5) is 24.4. The summed E-state index contributed by atoms with van der Waals surface area (Å²) in [5.41, 5.74) is 0.163. The maximum Gasteiger partial charge on any atom is 0.323 e. The number of carboxylic acids is 1. The van der Waals surface area contributed by atoms with Gasteiger partial charge in [0.1, 0.15) is 6.54 Å². The number of aliphatic carboxylic acids is 1. The van der Waals surface area contributed by atoms with E-state index >= 15 is 0 Å². The van der Waals surface area contributed by atoms with Crippen molar-refractivity contribution in [2.75, 3.05) is 26.8 Å². The molecule has 0 aromatic rings. The number of amides is 2. The number of nitrogens with zero attached hydrogens (tertiary/aromatic N) is 1. The predicted molar refractivity (Wildman–Crippen MR) is 75.7 cm³/mol. The van der Waals surface area contributed by atoms with Gasteiger partial charge in [0.2, 0.25) is 0 Å². The zero-order valence-electron chi connectivity index (χ0n) is 12.6. The number of hydrogen-bond donors (Lipinski definition) is 2. The minimum atomic E-state index is -0.985. The molecule has 1 atom stereocenters. The standard InChI is InChI=1S/C14H26N2O4/c1-4-11(2)16(9-12(17)18)13(19)15-10-14(5-6-14)7-8-20-3/h11H,4-10H2,1-3H3,(H,15,19)(H,17,18). The number of carbonyl (C=O) groups excluding carboxylic acids is 1. The van der Waals surface area contributed by atoms with Crippen LogP contribution in [0.25, 0.3) is 0 Å². The molecular formula is C14H26N2O4. The van der Waals surface area contributed by atoms with Crippen molar-refractivity contribution >= 4 is 12.0 Å². The second-order valence-electron chi connectivity index (χ2n) is 5.68. The summed E-state index contributed by atoms with van der Waals surface area (Å²) in [5, 5.41) is 11.8. The molecule has 2 amide bonds. The molecule has 0 aromatic carbocycles. The summed E-state index contributed by atoms with van der Waals surface area (Å²) >= 11 is 0. The maximum atomic E-state index is 12.1. The largest absolute Gasteiger partial charge is 0.480 e. The summed E-state index contributed by atoms with van der Waals surface area (Å²) < 4.78 is 5.08. The highest BCUT2D eigenvalue weighted by Gasteiger charge is 2.42. The monoisotopic (exact) mass is 286 g/mol. The number of hydrogen-bond acceptors (Lipinski definition) is 3. The van der Waals surface area contributed by atoms with E-state index in [0.717, 1.165) is 25.7 Å². The molecule has 6 heteroatoms. The number of carboxylic acid groups (broad SMARTS) is 1. The fourth-order valence-electron chi connectivity index (χ4n) is 2.17. The van der Waals surface area contributed by atoms with E-state index in [1.807, 2.05) is 13.8 Å². The molecule has 1 saturated carbocycles. The molecule has 0 radical (unpaired) electrons. The summed E-state index contributed by atoms with van der Waals surface area (Å²) in [5.74, 6) is -0.985. The van der Waals surface area contributed by atoms with Crippen LogP contribution in [0.5, 0.6) is 0 Å². The summed E-state index contributed by atoms with van der Waals surface area (Å²) in [7, 11) is 1.67. The van der Waals surface area contributed by atoms with Crippen molar-refractivity contribution in [3.8, 4) is 0 Å². The van der Waals surface area contributed by atoms with Crippen LogP contribution in [0, 0.1) is 5.41 Å². The normalized spacial score (nSPS) is 17.4. The van der Waals surface area contributed by atoms with Gasteiger partial charge in [-0.15, -0.1) is 0 Å². The molecule has 0 aliphatic heterocycles. The van der Waals surface area contributed by atoms with E-state index in [1.54, 1.807) is 7.11 Å². The molecule has 0 heterocycles. The van der Waals surface area contributed by atoms with Crippen LogP contribution in [-0.4, -0.2) is 54.9 Å². The van der Waals surface area contributed by atoms with E-state index < -0.39 is 5.97 Å². The molecule has 0 saturated heterocycles. The lowest BCUT2D eigenvalue weighted by atomic mass is 10.0. The molecule has 2 N–H and O–H groups in total. The first-order valence-corrected chi connectivity index (χ1v) is 7.19. The maximum absolute atomic E-state index is 12.1. The van der Waals surface area contributed by atoms with E-state index in [0.29, 0.717) is 13.2 Å². The number of nitrogens with one attached hydrogen (secondary N) is 1. The Hall–Kier alpha value is -1.30. The molecule has 1 aliphatic carbocycles. The lowest BCUT2D eigenvalue weighted by Crippen LogP contribution is -2.48. The van der Waals surface area contributed by atoms with Gasteiger partial charge in [-0.2, -0.15) is 0 Å². The minimum absolute atomic E-state index is 0.0831. The van der Waals surface area contributed by atoms with Crippen molar-refractivity contribution in [2.24, 2.45) is 5.41 Å². The Bertz CT molecular complexity index is 342. The molecule has 20 heavy (non-hydrogen) atoms. The van der Waals surface area contributed by atoms with Gasteiger partial charge in [-0.05, 0) is 38.0 Å². The number of urea groups is 1. The molecule has 1 rings (SSSR count). The first-order chi connectivity index (χ1) is 9.44. The Labute approximate surface area is 120 Å². The number of rotatable bonds is 9. The molecule has 0 bridgehead atoms. The number of carbonyl (C=O) groups is 2. The zero-order valence-corrected chi connectivity index (χ0v) is 12.6. The lowest BCUT2D eigenvalue weighted by Gasteiger charge is -2.28. The van der Waals surface area contributed by atoms with E-state index in [-0.39, 0.29) is 24.0 Å². The molecule has 1 aliphatic rings. The van der Waals surface area contributed by atoms with Crippen LogP contribution in [0.1, 0.15) is 39.5 Å². The van der Waals surface area contributed by atoms with Gasteiger partial charge in [0.15, 0.2) is 0 Å². The van der Waals surface area contributed by atoms with E-state index in [2.05, 4.69) is 5.32 Å². The van der Waals surface area contributed by atoms with Gasteiger partial charge >= 0.3 is 12.0 Å². The Balaban J connectivity index is 2.47. The second-order valence-corrected chi connectivity index (χ2v) is 5.68. The highest BCUT2D eigenvalue weighted by molar-refractivity contribution is 5.80. The highest BCUT2D eigenvalue weighted by atomic mass is 16.5. The summed E-state index contributed by atoms with van der Waals surface area (Å²) in [6.45, 7) is 4.84. The minimum Gasteiger partial charge on any atom is -0.480 e. The molecular weight excluding hydrogens is 260 g/mol. The third-order valence-corrected chi connectivity index (χ3v) is 4.10. The van der Waals surface area contributed by atoms with Gasteiger partial charge < -0.3 is 20.1 Å². The average Bonchev–Trinajstić information content (AvgIpc) is 3.19. The van der Waals surface area contributed by atoms with Crippen LogP contribution in [-0.2, 0) is 9.53 Å². The van der Waals surface area contributed by atoms with Gasteiger partial charge in [0.25, 0.3) is 0 Å². The first kappa shape index (κ1) is 16.8. The molecule has 116 valence electrons. The topological polar surface area (TPSA) is 78.9 Å². The molecule has 0 spiro atoms. The average molecular weight is 286 g/mol. The van der Waals surface area contributed by atoms with Gasteiger partial charge in [-0.3, -0.25) is 4.79 Å². The quantitative estimate of drug-likeness (QED) is 0.676. The van der Waals surface area contributed by atoms with Crippen molar-refractivity contribution in [2.45, 2.75) is 45.6 Å². The van der Waals surface area contributed by atoms with Crippen LogP contribution in [0.2, 0.25) is 0 Å². The zero-order chi connectivity index (χ0) is 15.2. The van der Waals surface area contributed by atoms with Gasteiger partial charge in [-0.25, -0.2) is 4.79 Å². The van der Waals surface area contributed by atoms with Crippen LogP contribution in [0.4, 0.5) is 4.79 Å². The van der Waals surface area contributed by atoms with Gasteiger partial charge in [0.05, 0.1) is 0 Å². The number of methoxy groups -OCH3 is 1. The highest BCUT2D eigenvalue weighted by Crippen LogP contribution is 2.48. The first-order valence-electron chi connectivity index (χ1n) is 7.19. The van der Waals surface area contributed by atoms with Crippen molar-refractivity contribution in [1.82, 2.24) is 10.2 Å². The third kappa shape index (κ3) is 5.00. The van der Waals surface area contributed by atoms with Gasteiger partial charge in [-0.1, -0.05) is 6.92 Å². The fraction of sp³-hybridized carbons (Fsp3) is 0.857. The van der Waals surface area contributed by atoms with Gasteiger partial charge in [0, 0.05) is 26.3 Å². The molecule has 0 aromatic heterocycles. The molecule has 6 nitrogen and oxygen atoms in total. The Kier molecular flexibility index (Phi) is 6.26. The van der Waals surface area contributed by atoms with Crippen LogP contribution >= 0.6 is 0 Å². The molecule has 1 fully saturated rings. The smallest absolute Gasteiger partial charge is 0.323 e. The Morgan fingerprint density at radius 1 is 1.45 bits per heavy atom. The van der Waals surface area contributed by atoms with Crippen molar-refractivity contribution in [3.05, 3.63) is 0 Å². The number of ether oxygens (including phenoxy) is 1.